The van der Waals surface area contributed by atoms with E-state index in [0.717, 1.165) is 5.56 Å². The molecule has 96 valence electrons. The quantitative estimate of drug-likeness (QED) is 0.613. The van der Waals surface area contributed by atoms with Crippen LogP contribution in [0.3, 0.4) is 0 Å². The van der Waals surface area contributed by atoms with Crippen LogP contribution < -0.4 is 5.32 Å². The molecule has 0 saturated heterocycles. The van der Waals surface area contributed by atoms with Gasteiger partial charge in [0, 0.05) is 5.69 Å². The Balaban J connectivity index is 2.74. The Bertz CT molecular complexity index is 450. The lowest BCUT2D eigenvalue weighted by Crippen LogP contribution is -2.35. The zero-order chi connectivity index (χ0) is 13.6. The molecule has 0 aliphatic rings. The van der Waals surface area contributed by atoms with Crippen LogP contribution in [-0.2, 0) is 11.4 Å². The second-order valence-corrected chi connectivity index (χ2v) is 4.30. The van der Waals surface area contributed by atoms with Crippen LogP contribution in [0.15, 0.2) is 34.3 Å². The van der Waals surface area contributed by atoms with Gasteiger partial charge in [-0.2, -0.15) is 0 Å². The van der Waals surface area contributed by atoms with Crippen LogP contribution in [0.25, 0.3) is 0 Å². The number of hydrogen-bond donors (Lipinski definition) is 2. The van der Waals surface area contributed by atoms with E-state index >= 15 is 0 Å². The summed E-state index contributed by atoms with van der Waals surface area (Å²) < 4.78 is 0. The van der Waals surface area contributed by atoms with Gasteiger partial charge in [-0.25, -0.2) is 0 Å². The minimum Gasteiger partial charge on any atom is -0.392 e. The molecule has 0 bridgehead atoms. The normalized spacial score (nSPS) is 11.5. The molecule has 0 unspecified atom stereocenters. The summed E-state index contributed by atoms with van der Waals surface area (Å²) in [5, 5.41) is 11.7. The maximum absolute atomic E-state index is 12.0. The van der Waals surface area contributed by atoms with E-state index in [2.05, 4.69) is 22.0 Å². The van der Waals surface area contributed by atoms with E-state index in [1.165, 1.54) is 6.34 Å². The standard InChI is InChI=1S/C13H17N3O2/c1-13(2,15-9-14-3)12(18)16-11-6-4-10(8-17)5-7-11/h4-7,9,17H,3,8H2,1-2H3,(H,16,18). The van der Waals surface area contributed by atoms with E-state index in [1.807, 2.05) is 0 Å². The number of carbonyl (C=O) groups excluding carboxylic acids is 1. The molecule has 0 aromatic heterocycles. The van der Waals surface area contributed by atoms with Crippen LogP contribution in [0, 0.1) is 0 Å². The lowest BCUT2D eigenvalue weighted by molar-refractivity contribution is -0.119. The van der Waals surface area contributed by atoms with Crippen molar-refractivity contribution in [2.75, 3.05) is 5.32 Å². The van der Waals surface area contributed by atoms with Crippen LogP contribution >= 0.6 is 0 Å². The van der Waals surface area contributed by atoms with Crippen molar-refractivity contribution in [3.63, 3.8) is 0 Å². The van der Waals surface area contributed by atoms with Gasteiger partial charge >= 0.3 is 0 Å². The molecule has 0 saturated carbocycles. The molecule has 1 rings (SSSR count). The molecule has 5 heteroatoms. The summed E-state index contributed by atoms with van der Waals surface area (Å²) in [6, 6.07) is 6.96. The number of amides is 1. The molecule has 5 nitrogen and oxygen atoms in total. The first-order valence-corrected chi connectivity index (χ1v) is 5.50. The highest BCUT2D eigenvalue weighted by molar-refractivity contribution is 5.98. The summed E-state index contributed by atoms with van der Waals surface area (Å²) in [6.45, 7) is 6.63. The van der Waals surface area contributed by atoms with Crippen LogP contribution in [0.5, 0.6) is 0 Å². The average molecular weight is 247 g/mol. The van der Waals surface area contributed by atoms with E-state index in [4.69, 9.17) is 5.11 Å². The van der Waals surface area contributed by atoms with Crippen LogP contribution in [-0.4, -0.2) is 29.6 Å². The van der Waals surface area contributed by atoms with Crippen molar-refractivity contribution in [3.8, 4) is 0 Å². The molecule has 0 fully saturated rings. The van der Waals surface area contributed by atoms with E-state index < -0.39 is 5.54 Å². The van der Waals surface area contributed by atoms with Gasteiger partial charge in [-0.3, -0.25) is 14.8 Å². The summed E-state index contributed by atoms with van der Waals surface area (Å²) in [4.78, 5) is 19.4. The first-order valence-electron chi connectivity index (χ1n) is 5.50. The van der Waals surface area contributed by atoms with Gasteiger partial charge in [0.1, 0.15) is 11.9 Å². The molecule has 2 N–H and O–H groups in total. The Kier molecular flexibility index (Phi) is 4.74. The van der Waals surface area contributed by atoms with Gasteiger partial charge in [-0.1, -0.05) is 12.1 Å². The second kappa shape index (κ2) is 6.07. The number of nitrogens with zero attached hydrogens (tertiary/aromatic N) is 2. The third-order valence-corrected chi connectivity index (χ3v) is 2.41. The fourth-order valence-electron chi connectivity index (χ4n) is 1.22. The van der Waals surface area contributed by atoms with Crippen molar-refractivity contribution in [2.45, 2.75) is 26.0 Å². The van der Waals surface area contributed by atoms with Crippen LogP contribution in [0.4, 0.5) is 5.69 Å². The summed E-state index contributed by atoms with van der Waals surface area (Å²) in [6.07, 6.45) is 1.26. The maximum Gasteiger partial charge on any atom is 0.251 e. The van der Waals surface area contributed by atoms with Gasteiger partial charge in [-0.15, -0.1) is 0 Å². The van der Waals surface area contributed by atoms with Gasteiger partial charge in [-0.05, 0) is 38.3 Å². The largest absolute Gasteiger partial charge is 0.392 e. The molecule has 1 aromatic rings. The topological polar surface area (TPSA) is 74.0 Å². The van der Waals surface area contributed by atoms with Crippen LogP contribution in [0.2, 0.25) is 0 Å². The smallest absolute Gasteiger partial charge is 0.251 e. The maximum atomic E-state index is 12.0. The van der Waals surface area contributed by atoms with Crippen molar-refractivity contribution >= 4 is 24.7 Å². The molecule has 0 spiro atoms. The monoisotopic (exact) mass is 247 g/mol. The van der Waals surface area contributed by atoms with Crippen molar-refractivity contribution in [1.29, 1.82) is 0 Å². The first kappa shape index (κ1) is 14.1. The van der Waals surface area contributed by atoms with Gasteiger partial charge in [0.25, 0.3) is 5.91 Å². The highest BCUT2D eigenvalue weighted by Gasteiger charge is 2.26. The number of carbonyl (C=O) groups is 1. The summed E-state index contributed by atoms with van der Waals surface area (Å²) in [7, 11) is 0. The Morgan fingerprint density at radius 2 is 2.06 bits per heavy atom. The molecule has 0 radical (unpaired) electrons. The van der Waals surface area contributed by atoms with Crippen LogP contribution in [0.1, 0.15) is 19.4 Å². The molecule has 18 heavy (non-hydrogen) atoms. The summed E-state index contributed by atoms with van der Waals surface area (Å²) in [5.41, 5.74) is 0.546. The van der Waals surface area contributed by atoms with E-state index in [-0.39, 0.29) is 12.5 Å². The Labute approximate surface area is 106 Å². The third kappa shape index (κ3) is 3.78. The van der Waals surface area contributed by atoms with E-state index in [0.29, 0.717) is 5.69 Å². The molecule has 0 aliphatic carbocycles. The molecule has 0 heterocycles. The van der Waals surface area contributed by atoms with Crippen molar-refractivity contribution in [1.82, 2.24) is 0 Å². The Morgan fingerprint density at radius 3 is 2.56 bits per heavy atom. The number of hydrogen-bond acceptors (Lipinski definition) is 3. The van der Waals surface area contributed by atoms with Crippen molar-refractivity contribution in [3.05, 3.63) is 29.8 Å². The van der Waals surface area contributed by atoms with E-state index in [1.54, 1.807) is 38.1 Å². The minimum absolute atomic E-state index is 0.0188. The number of rotatable bonds is 5. The molecular formula is C13H17N3O2. The predicted octanol–water partition coefficient (Wildman–Crippen LogP) is 1.62. The molecule has 1 aromatic carbocycles. The first-order chi connectivity index (χ1) is 8.49. The molecule has 0 aliphatic heterocycles. The Hall–Kier alpha value is -2.01. The highest BCUT2D eigenvalue weighted by atomic mass is 16.3. The predicted molar refractivity (Wildman–Crippen MR) is 73.1 cm³/mol. The fraction of sp³-hybridized carbons (Fsp3) is 0.308. The highest BCUT2D eigenvalue weighted by Crippen LogP contribution is 2.15. The molecule has 0 atom stereocenters. The van der Waals surface area contributed by atoms with Gasteiger partial charge in [0.15, 0.2) is 0 Å². The number of nitrogens with one attached hydrogen (secondary N) is 1. The second-order valence-electron chi connectivity index (χ2n) is 4.30. The van der Waals surface area contributed by atoms with Gasteiger partial charge in [0.05, 0.1) is 6.61 Å². The SMILES string of the molecule is C=NC=NC(C)(C)C(=O)Nc1ccc(CO)cc1. The van der Waals surface area contributed by atoms with Crippen molar-refractivity contribution in [2.24, 2.45) is 9.98 Å². The number of anilines is 1. The number of aliphatic hydroxyl groups is 1. The van der Waals surface area contributed by atoms with E-state index in [9.17, 15) is 4.79 Å². The summed E-state index contributed by atoms with van der Waals surface area (Å²) >= 11 is 0. The minimum atomic E-state index is -0.906. The number of benzene rings is 1. The molecular weight excluding hydrogens is 230 g/mol. The number of aliphatic hydroxyl groups excluding tert-OH is 1. The number of aliphatic imine (C=N–C) groups is 2. The molecule has 1 amide bonds. The zero-order valence-corrected chi connectivity index (χ0v) is 10.6. The third-order valence-electron chi connectivity index (χ3n) is 2.41. The summed E-state index contributed by atoms with van der Waals surface area (Å²) in [5.74, 6) is -0.237. The Morgan fingerprint density at radius 1 is 1.44 bits per heavy atom. The van der Waals surface area contributed by atoms with Crippen molar-refractivity contribution < 1.29 is 9.90 Å². The van der Waals surface area contributed by atoms with Gasteiger partial charge < -0.3 is 10.4 Å². The average Bonchev–Trinajstić information content (AvgIpc) is 2.37. The lowest BCUT2D eigenvalue weighted by atomic mass is 10.1. The zero-order valence-electron chi connectivity index (χ0n) is 10.6. The lowest BCUT2D eigenvalue weighted by Gasteiger charge is -2.18. The van der Waals surface area contributed by atoms with Gasteiger partial charge in [0.2, 0.25) is 0 Å². The fourth-order valence-corrected chi connectivity index (χ4v) is 1.22.